The molecule has 0 unspecified atom stereocenters. The maximum atomic E-state index is 13.0. The van der Waals surface area contributed by atoms with Crippen LogP contribution in [0.5, 0.6) is 0 Å². The molecular weight excluding hydrogens is 378 g/mol. The van der Waals surface area contributed by atoms with Crippen LogP contribution in [0.25, 0.3) is 10.9 Å². The standard InChI is InChI=1S/C20H29N3O4S/c1-6-9-12-21(4)20(25)17-14-22(5)18-11-10-15(13-16(18)19(17)24)28(26,27)23(7-2)8-3/h10-11,13-14H,6-9,12H2,1-5H3. The highest BCUT2D eigenvalue weighted by molar-refractivity contribution is 7.89. The predicted molar refractivity (Wildman–Crippen MR) is 111 cm³/mol. The second-order valence-corrected chi connectivity index (χ2v) is 8.77. The number of fused-ring (bicyclic) bond motifs is 1. The fourth-order valence-electron chi connectivity index (χ4n) is 3.20. The molecule has 0 atom stereocenters. The third kappa shape index (κ3) is 4.12. The number of benzene rings is 1. The third-order valence-corrected chi connectivity index (χ3v) is 6.97. The summed E-state index contributed by atoms with van der Waals surface area (Å²) in [5, 5.41) is 0.227. The van der Waals surface area contributed by atoms with Gasteiger partial charge in [0, 0.05) is 45.3 Å². The molecule has 0 fully saturated rings. The number of sulfonamides is 1. The number of pyridine rings is 1. The number of nitrogens with zero attached hydrogens (tertiary/aromatic N) is 3. The summed E-state index contributed by atoms with van der Waals surface area (Å²) in [6, 6.07) is 4.50. The largest absolute Gasteiger partial charge is 0.350 e. The number of aromatic nitrogens is 1. The van der Waals surface area contributed by atoms with Gasteiger partial charge in [-0.3, -0.25) is 9.59 Å². The van der Waals surface area contributed by atoms with Crippen molar-refractivity contribution in [2.24, 2.45) is 7.05 Å². The maximum Gasteiger partial charge on any atom is 0.259 e. The Morgan fingerprint density at radius 2 is 1.79 bits per heavy atom. The summed E-state index contributed by atoms with van der Waals surface area (Å²) in [4.78, 5) is 27.3. The van der Waals surface area contributed by atoms with Crippen molar-refractivity contribution >= 4 is 26.8 Å². The molecule has 1 amide bonds. The van der Waals surface area contributed by atoms with Gasteiger partial charge in [-0.2, -0.15) is 4.31 Å². The fraction of sp³-hybridized carbons (Fsp3) is 0.500. The first-order chi connectivity index (χ1) is 13.2. The molecule has 0 saturated heterocycles. The first-order valence-corrected chi connectivity index (χ1v) is 11.0. The molecule has 0 aliphatic heterocycles. The SMILES string of the molecule is CCCCN(C)C(=O)c1cn(C)c2ccc(S(=O)(=O)N(CC)CC)cc2c1=O. The van der Waals surface area contributed by atoms with Crippen molar-refractivity contribution in [3.8, 4) is 0 Å². The monoisotopic (exact) mass is 407 g/mol. The summed E-state index contributed by atoms with van der Waals surface area (Å²) >= 11 is 0. The quantitative estimate of drug-likeness (QED) is 0.673. The molecule has 2 rings (SSSR count). The number of amides is 1. The number of unbranched alkanes of at least 4 members (excludes halogenated alkanes) is 1. The van der Waals surface area contributed by atoms with Crippen LogP contribution in [0.15, 0.2) is 34.1 Å². The van der Waals surface area contributed by atoms with E-state index in [0.29, 0.717) is 25.2 Å². The molecule has 8 heteroatoms. The molecule has 0 saturated carbocycles. The summed E-state index contributed by atoms with van der Waals surface area (Å²) in [7, 11) is -0.285. The van der Waals surface area contributed by atoms with Crippen LogP contribution in [0.1, 0.15) is 44.0 Å². The molecule has 0 bridgehead atoms. The minimum absolute atomic E-state index is 0.0472. The van der Waals surface area contributed by atoms with E-state index in [-0.39, 0.29) is 21.8 Å². The topological polar surface area (TPSA) is 79.7 Å². The Bertz CT molecular complexity index is 1020. The second kappa shape index (κ2) is 8.87. The van der Waals surface area contributed by atoms with Crippen LogP contribution in [0, 0.1) is 0 Å². The van der Waals surface area contributed by atoms with Crippen molar-refractivity contribution in [3.63, 3.8) is 0 Å². The molecule has 154 valence electrons. The molecule has 0 aliphatic carbocycles. The molecule has 2 aromatic rings. The summed E-state index contributed by atoms with van der Waals surface area (Å²) in [6.45, 7) is 6.82. The number of rotatable bonds is 8. The Balaban J connectivity index is 2.63. The first-order valence-electron chi connectivity index (χ1n) is 9.57. The molecule has 7 nitrogen and oxygen atoms in total. The van der Waals surface area contributed by atoms with Gasteiger partial charge in [0.2, 0.25) is 15.5 Å². The van der Waals surface area contributed by atoms with Gasteiger partial charge < -0.3 is 9.47 Å². The zero-order chi connectivity index (χ0) is 21.1. The first kappa shape index (κ1) is 22.1. The number of hydrogen-bond acceptors (Lipinski definition) is 4. The van der Waals surface area contributed by atoms with Crippen LogP contribution in [-0.2, 0) is 17.1 Å². The average Bonchev–Trinajstić information content (AvgIpc) is 2.68. The van der Waals surface area contributed by atoms with Crippen molar-refractivity contribution in [2.75, 3.05) is 26.7 Å². The van der Waals surface area contributed by atoms with E-state index in [1.54, 1.807) is 38.6 Å². The van der Waals surface area contributed by atoms with Gasteiger partial charge in [0.15, 0.2) is 0 Å². The summed E-state index contributed by atoms with van der Waals surface area (Å²) in [5.74, 6) is -0.354. The van der Waals surface area contributed by atoms with Crippen molar-refractivity contribution in [1.29, 1.82) is 0 Å². The molecular formula is C20H29N3O4S. The van der Waals surface area contributed by atoms with E-state index >= 15 is 0 Å². The van der Waals surface area contributed by atoms with E-state index in [9.17, 15) is 18.0 Å². The van der Waals surface area contributed by atoms with Gasteiger partial charge in [-0.15, -0.1) is 0 Å². The summed E-state index contributed by atoms with van der Waals surface area (Å²) in [6.07, 6.45) is 3.32. The second-order valence-electron chi connectivity index (χ2n) is 6.83. The van der Waals surface area contributed by atoms with E-state index in [1.165, 1.54) is 27.5 Å². The van der Waals surface area contributed by atoms with Crippen LogP contribution < -0.4 is 5.43 Å². The van der Waals surface area contributed by atoms with Crippen LogP contribution in [0.2, 0.25) is 0 Å². The summed E-state index contributed by atoms with van der Waals surface area (Å²) < 4.78 is 28.7. The van der Waals surface area contributed by atoms with Gasteiger partial charge in [0.1, 0.15) is 5.56 Å². The molecule has 28 heavy (non-hydrogen) atoms. The Kier molecular flexibility index (Phi) is 7.01. The Morgan fingerprint density at radius 1 is 1.14 bits per heavy atom. The van der Waals surface area contributed by atoms with Gasteiger partial charge in [-0.1, -0.05) is 27.2 Å². The molecule has 1 heterocycles. The lowest BCUT2D eigenvalue weighted by Crippen LogP contribution is -2.33. The molecule has 0 radical (unpaired) electrons. The number of aryl methyl sites for hydroxylation is 1. The van der Waals surface area contributed by atoms with Gasteiger partial charge in [-0.25, -0.2) is 8.42 Å². The van der Waals surface area contributed by atoms with Gasteiger partial charge in [-0.05, 0) is 24.6 Å². The van der Waals surface area contributed by atoms with Crippen molar-refractivity contribution in [2.45, 2.75) is 38.5 Å². The highest BCUT2D eigenvalue weighted by atomic mass is 32.2. The van der Waals surface area contributed by atoms with E-state index in [4.69, 9.17) is 0 Å². The zero-order valence-electron chi connectivity index (χ0n) is 17.2. The molecule has 1 aromatic carbocycles. The number of carbonyl (C=O) groups is 1. The number of carbonyl (C=O) groups excluding carboxylic acids is 1. The van der Waals surface area contributed by atoms with E-state index in [0.717, 1.165) is 12.8 Å². The smallest absolute Gasteiger partial charge is 0.259 e. The lowest BCUT2D eigenvalue weighted by molar-refractivity contribution is 0.0791. The van der Waals surface area contributed by atoms with Crippen LogP contribution in [0.3, 0.4) is 0 Å². The minimum atomic E-state index is -3.69. The van der Waals surface area contributed by atoms with Crippen molar-refractivity contribution in [3.05, 3.63) is 40.2 Å². The predicted octanol–water partition coefficient (Wildman–Crippen LogP) is 2.44. The van der Waals surface area contributed by atoms with Crippen molar-refractivity contribution in [1.82, 2.24) is 13.8 Å². The van der Waals surface area contributed by atoms with Crippen LogP contribution in [-0.4, -0.2) is 54.8 Å². The molecule has 1 aromatic heterocycles. The normalized spacial score (nSPS) is 11.9. The van der Waals surface area contributed by atoms with Crippen LogP contribution >= 0.6 is 0 Å². The highest BCUT2D eigenvalue weighted by Crippen LogP contribution is 2.20. The van der Waals surface area contributed by atoms with Crippen molar-refractivity contribution < 1.29 is 13.2 Å². The highest BCUT2D eigenvalue weighted by Gasteiger charge is 2.24. The lowest BCUT2D eigenvalue weighted by Gasteiger charge is -2.19. The third-order valence-electron chi connectivity index (χ3n) is 4.93. The Labute approximate surface area is 166 Å². The van der Waals surface area contributed by atoms with Gasteiger partial charge in [0.05, 0.1) is 10.4 Å². The minimum Gasteiger partial charge on any atom is -0.350 e. The zero-order valence-corrected chi connectivity index (χ0v) is 18.0. The van der Waals surface area contributed by atoms with E-state index < -0.39 is 15.5 Å². The Morgan fingerprint density at radius 3 is 2.36 bits per heavy atom. The lowest BCUT2D eigenvalue weighted by atomic mass is 10.1. The summed E-state index contributed by atoms with van der Waals surface area (Å²) in [5.41, 5.74) is 0.181. The van der Waals surface area contributed by atoms with Crippen LogP contribution in [0.4, 0.5) is 0 Å². The average molecular weight is 408 g/mol. The molecule has 0 N–H and O–H groups in total. The molecule has 0 spiro atoms. The fourth-order valence-corrected chi connectivity index (χ4v) is 4.68. The Hall–Kier alpha value is -2.19. The van der Waals surface area contributed by atoms with Gasteiger partial charge >= 0.3 is 0 Å². The number of hydrogen-bond donors (Lipinski definition) is 0. The molecule has 0 aliphatic rings. The maximum absolute atomic E-state index is 13.0. The van der Waals surface area contributed by atoms with E-state index in [2.05, 4.69) is 0 Å². The van der Waals surface area contributed by atoms with Gasteiger partial charge in [0.25, 0.3) is 5.91 Å². The van der Waals surface area contributed by atoms with E-state index in [1.807, 2.05) is 6.92 Å².